The smallest absolute Gasteiger partial charge is 0.336 e. The number of hydrogen-bond acceptors (Lipinski definition) is 7. The third-order valence-corrected chi connectivity index (χ3v) is 9.10. The van der Waals surface area contributed by atoms with E-state index in [1.54, 1.807) is 0 Å². The zero-order chi connectivity index (χ0) is 22.4. The molecule has 1 aliphatic heterocycles. The van der Waals surface area contributed by atoms with Crippen LogP contribution in [0.15, 0.2) is 29.2 Å². The first kappa shape index (κ1) is 22.5. The third-order valence-electron chi connectivity index (χ3n) is 8.21. The van der Waals surface area contributed by atoms with Crippen LogP contribution in [0, 0.1) is 29.6 Å². The van der Waals surface area contributed by atoms with Crippen LogP contribution in [0.5, 0.6) is 0 Å². The van der Waals surface area contributed by atoms with Crippen molar-refractivity contribution in [2.45, 2.75) is 65.0 Å². The van der Waals surface area contributed by atoms with Gasteiger partial charge in [0.25, 0.3) is 0 Å². The van der Waals surface area contributed by atoms with Gasteiger partial charge in [0.05, 0.1) is 30.0 Å². The van der Waals surface area contributed by atoms with Crippen LogP contribution >= 0.6 is 11.3 Å². The summed E-state index contributed by atoms with van der Waals surface area (Å²) < 4.78 is 5.22. The highest BCUT2D eigenvalue weighted by Crippen LogP contribution is 2.62. The van der Waals surface area contributed by atoms with Crippen LogP contribution in [0.25, 0.3) is 0 Å². The second-order valence-electron chi connectivity index (χ2n) is 10.0. The van der Waals surface area contributed by atoms with E-state index in [1.165, 1.54) is 16.9 Å². The summed E-state index contributed by atoms with van der Waals surface area (Å²) in [5.41, 5.74) is 2.18. The molecule has 6 nitrogen and oxygen atoms in total. The van der Waals surface area contributed by atoms with Gasteiger partial charge in [0, 0.05) is 10.8 Å². The van der Waals surface area contributed by atoms with Gasteiger partial charge in [-0.1, -0.05) is 26.0 Å². The van der Waals surface area contributed by atoms with Gasteiger partial charge in [-0.05, 0) is 62.4 Å². The fourth-order valence-corrected chi connectivity index (χ4v) is 7.10. The quantitative estimate of drug-likeness (QED) is 0.454. The number of aryl methyl sites for hydroxylation is 1. The second-order valence-corrected chi connectivity index (χ2v) is 10.9. The number of allylic oxidation sites excluding steroid dienone is 1. The van der Waals surface area contributed by atoms with Crippen LogP contribution in [-0.2, 0) is 9.53 Å². The number of carbonyl (C=O) groups excluding carboxylic acids is 1. The van der Waals surface area contributed by atoms with Crippen LogP contribution in [0.3, 0.4) is 0 Å². The Kier molecular flexibility index (Phi) is 6.05. The molecule has 0 radical (unpaired) electrons. The first-order valence-electron chi connectivity index (χ1n) is 11.2. The van der Waals surface area contributed by atoms with Crippen molar-refractivity contribution in [2.24, 2.45) is 22.7 Å². The minimum absolute atomic E-state index is 0.0226. The van der Waals surface area contributed by atoms with E-state index in [0.717, 1.165) is 30.1 Å². The van der Waals surface area contributed by atoms with Crippen molar-refractivity contribution < 1.29 is 19.7 Å². The Balaban J connectivity index is 1.66. The summed E-state index contributed by atoms with van der Waals surface area (Å²) in [6.45, 7) is 11.0. The summed E-state index contributed by atoms with van der Waals surface area (Å²) in [6, 6.07) is -0.217. The average molecular weight is 447 g/mol. The van der Waals surface area contributed by atoms with Crippen molar-refractivity contribution in [3.63, 3.8) is 0 Å². The summed E-state index contributed by atoms with van der Waals surface area (Å²) >= 11 is 1.54. The van der Waals surface area contributed by atoms with E-state index in [0.29, 0.717) is 25.0 Å². The summed E-state index contributed by atoms with van der Waals surface area (Å²) in [6.07, 6.45) is 5.43. The van der Waals surface area contributed by atoms with E-state index in [9.17, 15) is 15.0 Å². The van der Waals surface area contributed by atoms with Gasteiger partial charge < -0.3 is 20.3 Å². The van der Waals surface area contributed by atoms with E-state index in [2.05, 4.69) is 23.8 Å². The second kappa shape index (κ2) is 8.34. The Hall–Kier alpha value is -1.70. The molecule has 31 heavy (non-hydrogen) atoms. The maximum Gasteiger partial charge on any atom is 0.336 e. The molecule has 3 aliphatic rings. The zero-order valence-electron chi connectivity index (χ0n) is 18.7. The third kappa shape index (κ3) is 3.85. The lowest BCUT2D eigenvalue weighted by atomic mass is 9.46. The number of nitrogens with one attached hydrogen (secondary N) is 1. The minimum Gasteiger partial charge on any atom is -0.458 e. The van der Waals surface area contributed by atoms with Crippen molar-refractivity contribution >= 4 is 22.4 Å². The molecular formula is C24H34N2O4S. The molecule has 0 bridgehead atoms. The van der Waals surface area contributed by atoms with Crippen molar-refractivity contribution in [1.29, 1.82) is 0 Å². The number of aliphatic hydroxyl groups is 2. The minimum atomic E-state index is -0.521. The molecule has 2 unspecified atom stereocenters. The molecule has 2 heterocycles. The summed E-state index contributed by atoms with van der Waals surface area (Å²) in [7, 11) is 0. The molecule has 6 atom stereocenters. The predicted octanol–water partition coefficient (Wildman–Crippen LogP) is 3.85. The van der Waals surface area contributed by atoms with E-state index in [4.69, 9.17) is 4.74 Å². The first-order valence-corrected chi connectivity index (χ1v) is 12.1. The monoisotopic (exact) mass is 446 g/mol. The van der Waals surface area contributed by atoms with Crippen LogP contribution in [0.1, 0.15) is 51.6 Å². The summed E-state index contributed by atoms with van der Waals surface area (Å²) in [5, 5.41) is 27.3. The molecule has 3 N–H and O–H groups in total. The molecule has 2 fully saturated rings. The van der Waals surface area contributed by atoms with Gasteiger partial charge in [0.1, 0.15) is 6.61 Å². The molecule has 0 aromatic carbocycles. The lowest BCUT2D eigenvalue weighted by Gasteiger charge is -2.60. The normalized spacial score (nSPS) is 36.5. The lowest BCUT2D eigenvalue weighted by molar-refractivity contribution is -0.152. The largest absolute Gasteiger partial charge is 0.458 e. The number of fused-ring (bicyclic) bond motifs is 1. The van der Waals surface area contributed by atoms with Crippen molar-refractivity contribution in [2.75, 3.05) is 18.5 Å². The predicted molar refractivity (Wildman–Crippen MR) is 122 cm³/mol. The number of rotatable bonds is 6. The number of esters is 1. The molecule has 2 aliphatic carbocycles. The number of anilines is 1. The fourth-order valence-electron chi connectivity index (χ4n) is 6.36. The number of hydrogen-bond donors (Lipinski definition) is 3. The standard InChI is InChI=1S/C24H34N2O4S/c1-14-5-6-19-23(3,9-7-20(28)24(19,4)13-27)17(14)11-18(16-8-10-30-21(16)29)26-22-25-15(2)12-31-22/h8,12,17-20,27-28H,1,5-7,9-11,13H2,2-4H3,(H,25,26)/t17-,18?,19?,20-,23+,24+/m1/s1. The number of ether oxygens (including phenoxy) is 1. The molecule has 1 aromatic rings. The molecule has 4 rings (SSSR count). The number of nitrogens with zero attached hydrogens (tertiary/aromatic N) is 1. The maximum atomic E-state index is 12.5. The molecule has 7 heteroatoms. The molecule has 0 saturated heterocycles. The van der Waals surface area contributed by atoms with Crippen molar-refractivity contribution in [1.82, 2.24) is 4.98 Å². The van der Waals surface area contributed by atoms with E-state index < -0.39 is 11.5 Å². The van der Waals surface area contributed by atoms with Crippen molar-refractivity contribution in [3.05, 3.63) is 34.9 Å². The molecule has 0 amide bonds. The van der Waals surface area contributed by atoms with E-state index in [1.807, 2.05) is 25.3 Å². The Bertz CT molecular complexity index is 896. The topological polar surface area (TPSA) is 91.7 Å². The number of aliphatic hydroxyl groups excluding tert-OH is 2. The Labute approximate surface area is 188 Å². The Morgan fingerprint density at radius 1 is 1.42 bits per heavy atom. The zero-order valence-corrected chi connectivity index (χ0v) is 19.5. The molecular weight excluding hydrogens is 412 g/mol. The highest BCUT2D eigenvalue weighted by molar-refractivity contribution is 7.13. The van der Waals surface area contributed by atoms with E-state index >= 15 is 0 Å². The highest BCUT2D eigenvalue weighted by atomic mass is 32.1. The average Bonchev–Trinajstić information content (AvgIpc) is 3.34. The van der Waals surface area contributed by atoms with Gasteiger partial charge in [-0.15, -0.1) is 11.3 Å². The Morgan fingerprint density at radius 2 is 2.19 bits per heavy atom. The maximum absolute atomic E-state index is 12.5. The molecule has 2 saturated carbocycles. The van der Waals surface area contributed by atoms with Crippen LogP contribution in [-0.4, -0.2) is 46.5 Å². The number of thiazole rings is 1. The van der Waals surface area contributed by atoms with E-state index in [-0.39, 0.29) is 35.9 Å². The first-order chi connectivity index (χ1) is 14.7. The summed E-state index contributed by atoms with van der Waals surface area (Å²) in [4.78, 5) is 17.0. The van der Waals surface area contributed by atoms with Gasteiger partial charge in [0.2, 0.25) is 0 Å². The van der Waals surface area contributed by atoms with Crippen LogP contribution in [0.2, 0.25) is 0 Å². The SMILES string of the molecule is C=C1CCC2[C@](C)(CO)[C@H](O)CC[C@@]2(C)[C@@H]1CC(Nc1nc(C)cs1)C1=CCOC1=O. The fraction of sp³-hybridized carbons (Fsp3) is 0.667. The van der Waals surface area contributed by atoms with Crippen molar-refractivity contribution in [3.8, 4) is 0 Å². The summed E-state index contributed by atoms with van der Waals surface area (Å²) in [5.74, 6) is 0.0853. The van der Waals surface area contributed by atoms with Gasteiger partial charge in [-0.3, -0.25) is 0 Å². The van der Waals surface area contributed by atoms with Gasteiger partial charge in [-0.25, -0.2) is 9.78 Å². The Morgan fingerprint density at radius 3 is 2.81 bits per heavy atom. The van der Waals surface area contributed by atoms with Gasteiger partial charge in [0.15, 0.2) is 5.13 Å². The van der Waals surface area contributed by atoms with Gasteiger partial charge in [-0.2, -0.15) is 0 Å². The molecule has 0 spiro atoms. The van der Waals surface area contributed by atoms with Gasteiger partial charge >= 0.3 is 5.97 Å². The number of cyclic esters (lactones) is 1. The molecule has 1 aromatic heterocycles. The number of carbonyl (C=O) groups is 1. The van der Waals surface area contributed by atoms with Crippen LogP contribution < -0.4 is 5.32 Å². The molecule has 170 valence electrons. The van der Waals surface area contributed by atoms with Crippen LogP contribution in [0.4, 0.5) is 5.13 Å². The lowest BCUT2D eigenvalue weighted by Crippen LogP contribution is -2.58. The highest BCUT2D eigenvalue weighted by Gasteiger charge is 2.58. The number of aromatic nitrogens is 1.